The van der Waals surface area contributed by atoms with Gasteiger partial charge in [-0.1, -0.05) is 12.1 Å². The minimum atomic E-state index is -0.895. The Morgan fingerprint density at radius 2 is 2.16 bits per heavy atom. The zero-order valence-corrected chi connectivity index (χ0v) is 15.6. The number of aromatic nitrogens is 2. The van der Waals surface area contributed by atoms with E-state index in [9.17, 15) is 5.11 Å². The monoisotopic (exact) mass is 351 g/mol. The van der Waals surface area contributed by atoms with Crippen LogP contribution < -0.4 is 5.32 Å². The van der Waals surface area contributed by atoms with Crippen LogP contribution in [0.15, 0.2) is 23.8 Å². The lowest BCUT2D eigenvalue weighted by molar-refractivity contribution is -0.187. The average Bonchev–Trinajstić information content (AvgIpc) is 2.59. The third-order valence-corrected chi connectivity index (χ3v) is 3.67. The normalized spacial score (nSPS) is 15.6. The zero-order chi connectivity index (χ0) is 18.7. The van der Waals surface area contributed by atoms with Crippen LogP contribution in [0.2, 0.25) is 0 Å². The van der Waals surface area contributed by atoms with Gasteiger partial charge in [0, 0.05) is 44.1 Å². The van der Waals surface area contributed by atoms with Crippen molar-refractivity contribution in [3.63, 3.8) is 0 Å². The molecule has 25 heavy (non-hydrogen) atoms. The van der Waals surface area contributed by atoms with E-state index in [4.69, 9.17) is 9.57 Å². The molecule has 0 saturated carbocycles. The third-order valence-electron chi connectivity index (χ3n) is 3.67. The molecule has 0 aliphatic rings. The molecule has 1 heterocycles. The van der Waals surface area contributed by atoms with Crippen molar-refractivity contribution in [2.24, 2.45) is 5.16 Å². The Morgan fingerprint density at radius 3 is 2.80 bits per heavy atom. The molecule has 0 radical (unpaired) electrons. The lowest BCUT2D eigenvalue weighted by Gasteiger charge is -2.32. The number of hydrogen-bond donors (Lipinski definition) is 2. The summed E-state index contributed by atoms with van der Waals surface area (Å²) in [6.07, 6.45) is 6.14. The molecule has 0 amide bonds. The fourth-order valence-corrected chi connectivity index (χ4v) is 2.52. The predicted octanol–water partition coefficient (Wildman–Crippen LogP) is 2.29. The molecule has 8 heteroatoms. The van der Waals surface area contributed by atoms with Crippen LogP contribution >= 0.6 is 0 Å². The summed E-state index contributed by atoms with van der Waals surface area (Å²) in [5.41, 5.74) is 0.717. The minimum Gasteiger partial charge on any atom is -0.367 e. The highest BCUT2D eigenvalue weighted by molar-refractivity contribution is 5.52. The number of nitrogens with zero attached hydrogens (tertiary/aromatic N) is 4. The second-order valence-electron chi connectivity index (χ2n) is 5.62. The summed E-state index contributed by atoms with van der Waals surface area (Å²) in [6, 6.07) is 2.13. The van der Waals surface area contributed by atoms with Gasteiger partial charge in [-0.25, -0.2) is 9.97 Å². The molecule has 1 rings (SSSR count). The molecular formula is C17H29N5O3. The first-order valence-electron chi connectivity index (χ1n) is 8.37. The number of aliphatic hydroxyl groups is 1. The van der Waals surface area contributed by atoms with E-state index in [-0.39, 0.29) is 12.1 Å². The molecule has 140 valence electrons. The molecule has 1 aromatic heterocycles. The van der Waals surface area contributed by atoms with Gasteiger partial charge in [-0.05, 0) is 27.2 Å². The Balaban J connectivity index is 2.61. The summed E-state index contributed by atoms with van der Waals surface area (Å²) in [5, 5.41) is 16.9. The van der Waals surface area contributed by atoms with Crippen molar-refractivity contribution in [2.45, 2.75) is 52.6 Å². The molecule has 0 bridgehead atoms. The van der Waals surface area contributed by atoms with Crippen molar-refractivity contribution in [3.05, 3.63) is 24.3 Å². The highest BCUT2D eigenvalue weighted by atomic mass is 16.6. The molecule has 3 atom stereocenters. The molecule has 0 aliphatic heterocycles. The van der Waals surface area contributed by atoms with E-state index >= 15 is 0 Å². The topological polar surface area (TPSA) is 92.1 Å². The van der Waals surface area contributed by atoms with Crippen LogP contribution in [0.5, 0.6) is 0 Å². The van der Waals surface area contributed by atoms with Gasteiger partial charge in [-0.2, -0.15) is 0 Å². The molecule has 2 N–H and O–H groups in total. The van der Waals surface area contributed by atoms with Crippen LogP contribution in [0, 0.1) is 0 Å². The van der Waals surface area contributed by atoms with E-state index < -0.39 is 6.41 Å². The largest absolute Gasteiger partial charge is 0.367 e. The molecule has 0 spiro atoms. The van der Waals surface area contributed by atoms with Crippen molar-refractivity contribution in [2.75, 3.05) is 19.0 Å². The lowest BCUT2D eigenvalue weighted by atomic mass is 10.1. The Kier molecular flexibility index (Phi) is 9.68. The fraction of sp³-hybridized carbons (Fsp3) is 0.588. The van der Waals surface area contributed by atoms with Gasteiger partial charge >= 0.3 is 0 Å². The van der Waals surface area contributed by atoms with Gasteiger partial charge in [0.25, 0.3) is 0 Å². The Labute approximate surface area is 149 Å². The van der Waals surface area contributed by atoms with Gasteiger partial charge in [-0.3, -0.25) is 4.90 Å². The van der Waals surface area contributed by atoms with Crippen LogP contribution in [0.25, 0.3) is 6.08 Å². The average molecular weight is 351 g/mol. The molecule has 0 fully saturated rings. The van der Waals surface area contributed by atoms with Gasteiger partial charge in [0.05, 0.1) is 5.69 Å². The first-order chi connectivity index (χ1) is 12.0. The summed E-state index contributed by atoms with van der Waals surface area (Å²) >= 11 is 0. The van der Waals surface area contributed by atoms with E-state index in [0.29, 0.717) is 12.2 Å². The molecule has 0 aromatic carbocycles. The number of ether oxygens (including phenoxy) is 1. The Bertz CT molecular complexity index is 553. The zero-order valence-electron chi connectivity index (χ0n) is 15.6. The van der Waals surface area contributed by atoms with Crippen molar-refractivity contribution in [1.29, 1.82) is 0 Å². The minimum absolute atomic E-state index is 0.143. The summed E-state index contributed by atoms with van der Waals surface area (Å²) in [4.78, 5) is 15.2. The smallest absolute Gasteiger partial charge is 0.216 e. The standard InChI is InChI=1S/C17H29N5O3/c1-6-20-25-9-8-15-11-16(19-12-18-15)21-13(3)10-14(4)22(7-2)17(23)24-5/h6,8-9,11-14,17,23H,7,10H2,1-5H3,(H,18,19,21)/b9-8+,20-6+. The maximum atomic E-state index is 9.88. The van der Waals surface area contributed by atoms with E-state index in [0.717, 1.165) is 12.2 Å². The van der Waals surface area contributed by atoms with E-state index in [1.165, 1.54) is 19.7 Å². The summed E-state index contributed by atoms with van der Waals surface area (Å²) in [7, 11) is 1.49. The highest BCUT2D eigenvalue weighted by Crippen LogP contribution is 2.14. The van der Waals surface area contributed by atoms with E-state index in [1.807, 2.05) is 17.9 Å². The maximum Gasteiger partial charge on any atom is 0.216 e. The quantitative estimate of drug-likeness (QED) is 0.273. The van der Waals surface area contributed by atoms with Crippen molar-refractivity contribution < 1.29 is 14.7 Å². The van der Waals surface area contributed by atoms with Crippen LogP contribution in [0.1, 0.15) is 39.8 Å². The first-order valence-corrected chi connectivity index (χ1v) is 8.37. The second kappa shape index (κ2) is 11.5. The van der Waals surface area contributed by atoms with Gasteiger partial charge < -0.3 is 20.0 Å². The van der Waals surface area contributed by atoms with E-state index in [2.05, 4.69) is 34.3 Å². The van der Waals surface area contributed by atoms with Crippen LogP contribution in [-0.4, -0.2) is 58.3 Å². The summed E-state index contributed by atoms with van der Waals surface area (Å²) in [5.74, 6) is 0.726. The first kappa shape index (κ1) is 21.0. The second-order valence-corrected chi connectivity index (χ2v) is 5.62. The predicted molar refractivity (Wildman–Crippen MR) is 98.9 cm³/mol. The van der Waals surface area contributed by atoms with Gasteiger partial charge in [0.15, 0.2) is 0 Å². The Hall–Kier alpha value is -2.03. The van der Waals surface area contributed by atoms with E-state index in [1.54, 1.807) is 19.2 Å². The summed E-state index contributed by atoms with van der Waals surface area (Å²) in [6.45, 7) is 8.59. The lowest BCUT2D eigenvalue weighted by Crippen LogP contribution is -2.44. The number of rotatable bonds is 11. The van der Waals surface area contributed by atoms with Gasteiger partial charge in [0.1, 0.15) is 18.4 Å². The van der Waals surface area contributed by atoms with Crippen LogP contribution in [0.4, 0.5) is 5.82 Å². The third kappa shape index (κ3) is 7.59. The van der Waals surface area contributed by atoms with Crippen molar-refractivity contribution in [3.8, 4) is 0 Å². The molecule has 3 unspecified atom stereocenters. The summed E-state index contributed by atoms with van der Waals surface area (Å²) < 4.78 is 5.01. The number of methoxy groups -OCH3 is 1. The van der Waals surface area contributed by atoms with Crippen molar-refractivity contribution >= 4 is 18.1 Å². The molecule has 8 nitrogen and oxygen atoms in total. The number of anilines is 1. The Morgan fingerprint density at radius 1 is 1.40 bits per heavy atom. The molecule has 0 saturated heterocycles. The highest BCUT2D eigenvalue weighted by Gasteiger charge is 2.21. The van der Waals surface area contributed by atoms with Gasteiger partial charge in [-0.15, -0.1) is 0 Å². The molecular weight excluding hydrogens is 322 g/mol. The molecule has 0 aliphatic carbocycles. The van der Waals surface area contributed by atoms with Crippen molar-refractivity contribution in [1.82, 2.24) is 14.9 Å². The fourth-order valence-electron chi connectivity index (χ4n) is 2.52. The number of hydrogen-bond acceptors (Lipinski definition) is 8. The number of nitrogens with one attached hydrogen (secondary N) is 1. The SMILES string of the molecule is C/C=N/O/C=C/c1cc(NC(C)CC(C)N(CC)C(O)OC)ncn1. The maximum absolute atomic E-state index is 9.88. The van der Waals surface area contributed by atoms with Gasteiger partial charge in [0.2, 0.25) is 6.41 Å². The number of oxime groups is 1. The number of aliphatic hydroxyl groups excluding tert-OH is 1. The van der Waals surface area contributed by atoms with Crippen LogP contribution in [0.3, 0.4) is 0 Å². The van der Waals surface area contributed by atoms with Crippen LogP contribution in [-0.2, 0) is 9.57 Å². The molecule has 1 aromatic rings.